The van der Waals surface area contributed by atoms with Crippen LogP contribution in [0.1, 0.15) is 53.2 Å². The van der Waals surface area contributed by atoms with Gasteiger partial charge in [-0.1, -0.05) is 0 Å². The summed E-state index contributed by atoms with van der Waals surface area (Å²) in [5, 5.41) is 4.55. The van der Waals surface area contributed by atoms with Crippen molar-refractivity contribution < 1.29 is 22.7 Å². The number of hydrogen-bond donors (Lipinski definition) is 0. The number of ketones is 1. The first kappa shape index (κ1) is 19.6. The molecule has 0 fully saturated rings. The molecular formula is C21H22N2O5S. The fraction of sp³-hybridized carbons (Fsp3) is 0.381. The molecule has 1 aromatic carbocycles. The van der Waals surface area contributed by atoms with Crippen molar-refractivity contribution in [3.63, 3.8) is 0 Å². The van der Waals surface area contributed by atoms with E-state index in [0.717, 1.165) is 0 Å². The SMILES string of the molecule is CCn1cc2c(n1)-c1c(C)c(C(=O)OC3=CC(=O)CCC3)cc(C)c1S(=O)(=O)C2. The molecule has 8 heteroatoms. The van der Waals surface area contributed by atoms with Crippen molar-refractivity contribution >= 4 is 21.6 Å². The lowest BCUT2D eigenvalue weighted by atomic mass is 9.95. The van der Waals surface area contributed by atoms with E-state index in [0.29, 0.717) is 59.5 Å². The number of benzene rings is 1. The molecule has 0 radical (unpaired) electrons. The summed E-state index contributed by atoms with van der Waals surface area (Å²) in [5.74, 6) is -0.398. The zero-order chi connectivity index (χ0) is 20.9. The average Bonchev–Trinajstić information content (AvgIpc) is 3.05. The van der Waals surface area contributed by atoms with E-state index in [-0.39, 0.29) is 22.0 Å². The molecule has 0 saturated heterocycles. The molecule has 7 nitrogen and oxygen atoms in total. The molecule has 152 valence electrons. The van der Waals surface area contributed by atoms with Gasteiger partial charge in [-0.15, -0.1) is 0 Å². The van der Waals surface area contributed by atoms with Crippen LogP contribution in [0.15, 0.2) is 29.0 Å². The van der Waals surface area contributed by atoms with E-state index in [2.05, 4.69) is 5.10 Å². The maximum absolute atomic E-state index is 12.9. The van der Waals surface area contributed by atoms with E-state index in [4.69, 9.17) is 4.74 Å². The predicted octanol–water partition coefficient (Wildman–Crippen LogP) is 3.27. The molecule has 0 atom stereocenters. The van der Waals surface area contributed by atoms with Crippen molar-refractivity contribution in [2.75, 3.05) is 0 Å². The third-order valence-electron chi connectivity index (χ3n) is 5.39. The number of nitrogens with zero attached hydrogens (tertiary/aromatic N) is 2. The number of carbonyl (C=O) groups excluding carboxylic acids is 2. The van der Waals surface area contributed by atoms with Crippen LogP contribution in [-0.2, 0) is 31.7 Å². The third kappa shape index (κ3) is 3.31. The highest BCUT2D eigenvalue weighted by atomic mass is 32.2. The molecule has 0 amide bonds. The number of ether oxygens (including phenoxy) is 1. The number of carbonyl (C=O) groups is 2. The molecule has 1 aromatic heterocycles. The van der Waals surface area contributed by atoms with Gasteiger partial charge in [0.05, 0.1) is 21.9 Å². The summed E-state index contributed by atoms with van der Waals surface area (Å²) in [7, 11) is -3.54. The highest BCUT2D eigenvalue weighted by Crippen LogP contribution is 2.42. The van der Waals surface area contributed by atoms with Gasteiger partial charge in [0, 0.05) is 42.8 Å². The zero-order valence-corrected chi connectivity index (χ0v) is 17.4. The molecule has 0 bridgehead atoms. The lowest BCUT2D eigenvalue weighted by Crippen LogP contribution is -2.18. The van der Waals surface area contributed by atoms with Crippen molar-refractivity contribution in [2.24, 2.45) is 0 Å². The summed E-state index contributed by atoms with van der Waals surface area (Å²) in [6.45, 7) is 5.94. The van der Waals surface area contributed by atoms with Crippen LogP contribution in [0.5, 0.6) is 0 Å². The average molecular weight is 414 g/mol. The standard InChI is InChI=1S/C21H22N2O5S/c1-4-23-10-14-11-29(26,27)20-12(2)8-17(13(3)18(20)19(14)22-23)21(25)28-16-7-5-6-15(24)9-16/h8-10H,4-7,11H2,1-3H3. The molecule has 0 N–H and O–H groups in total. The van der Waals surface area contributed by atoms with Gasteiger partial charge >= 0.3 is 5.97 Å². The molecule has 4 rings (SSSR count). The monoisotopic (exact) mass is 414 g/mol. The number of rotatable bonds is 3. The Morgan fingerprint density at radius 2 is 2.03 bits per heavy atom. The Labute approximate surface area is 169 Å². The molecule has 2 heterocycles. The van der Waals surface area contributed by atoms with E-state index >= 15 is 0 Å². The second-order valence-electron chi connectivity index (χ2n) is 7.51. The van der Waals surface area contributed by atoms with Crippen LogP contribution < -0.4 is 0 Å². The highest BCUT2D eigenvalue weighted by molar-refractivity contribution is 7.91. The van der Waals surface area contributed by atoms with Gasteiger partial charge in [0.15, 0.2) is 15.6 Å². The van der Waals surface area contributed by atoms with E-state index < -0.39 is 15.8 Å². The van der Waals surface area contributed by atoms with Crippen LogP contribution in [0.2, 0.25) is 0 Å². The Morgan fingerprint density at radius 3 is 2.72 bits per heavy atom. The van der Waals surface area contributed by atoms with E-state index in [1.807, 2.05) is 6.92 Å². The summed E-state index contributed by atoms with van der Waals surface area (Å²) < 4.78 is 33.1. The van der Waals surface area contributed by atoms with Gasteiger partial charge in [-0.25, -0.2) is 13.2 Å². The summed E-state index contributed by atoms with van der Waals surface area (Å²) in [5.41, 5.74) is 2.99. The number of esters is 1. The van der Waals surface area contributed by atoms with E-state index in [1.165, 1.54) is 6.08 Å². The number of hydrogen-bond acceptors (Lipinski definition) is 6. The Hall–Kier alpha value is -2.74. The van der Waals surface area contributed by atoms with Crippen LogP contribution in [0.25, 0.3) is 11.3 Å². The molecule has 2 aliphatic rings. The fourth-order valence-electron chi connectivity index (χ4n) is 4.02. The van der Waals surface area contributed by atoms with Crippen molar-refractivity contribution in [3.05, 3.63) is 46.4 Å². The number of aryl methyl sites for hydroxylation is 2. The second kappa shape index (κ2) is 6.95. The highest BCUT2D eigenvalue weighted by Gasteiger charge is 2.35. The summed E-state index contributed by atoms with van der Waals surface area (Å²) in [6, 6.07) is 1.56. The van der Waals surface area contributed by atoms with Gasteiger partial charge in [-0.2, -0.15) is 5.10 Å². The number of allylic oxidation sites excluding steroid dienone is 2. The predicted molar refractivity (Wildman–Crippen MR) is 106 cm³/mol. The topological polar surface area (TPSA) is 95.3 Å². The van der Waals surface area contributed by atoms with Gasteiger partial charge in [0.1, 0.15) is 5.76 Å². The first-order chi connectivity index (χ1) is 13.7. The lowest BCUT2D eigenvalue weighted by molar-refractivity contribution is -0.115. The lowest BCUT2D eigenvalue weighted by Gasteiger charge is -2.22. The normalized spacial score (nSPS) is 17.3. The summed E-state index contributed by atoms with van der Waals surface area (Å²) >= 11 is 0. The molecule has 0 spiro atoms. The molecule has 1 aliphatic carbocycles. The number of fused-ring (bicyclic) bond motifs is 3. The first-order valence-electron chi connectivity index (χ1n) is 9.60. The number of sulfone groups is 1. The zero-order valence-electron chi connectivity index (χ0n) is 16.6. The van der Waals surface area contributed by atoms with Crippen LogP contribution in [0.4, 0.5) is 0 Å². The van der Waals surface area contributed by atoms with Crippen molar-refractivity contribution in [2.45, 2.75) is 57.2 Å². The van der Waals surface area contributed by atoms with Gasteiger partial charge in [-0.3, -0.25) is 9.48 Å². The van der Waals surface area contributed by atoms with Crippen LogP contribution >= 0.6 is 0 Å². The van der Waals surface area contributed by atoms with Crippen molar-refractivity contribution in [1.82, 2.24) is 9.78 Å². The maximum Gasteiger partial charge on any atom is 0.343 e. The molecule has 1 aliphatic heterocycles. The smallest absolute Gasteiger partial charge is 0.343 e. The van der Waals surface area contributed by atoms with Gasteiger partial charge in [-0.05, 0) is 44.4 Å². The molecule has 0 saturated carbocycles. The van der Waals surface area contributed by atoms with E-state index in [9.17, 15) is 18.0 Å². The molecule has 0 unspecified atom stereocenters. The first-order valence-corrected chi connectivity index (χ1v) is 11.3. The summed E-state index contributed by atoms with van der Waals surface area (Å²) in [4.78, 5) is 24.7. The minimum Gasteiger partial charge on any atom is -0.427 e. The van der Waals surface area contributed by atoms with Crippen LogP contribution in [-0.4, -0.2) is 30.0 Å². The Kier molecular flexibility index (Phi) is 4.69. The third-order valence-corrected chi connectivity index (χ3v) is 7.23. The Morgan fingerprint density at radius 1 is 1.28 bits per heavy atom. The fourth-order valence-corrected chi connectivity index (χ4v) is 5.90. The van der Waals surface area contributed by atoms with E-state index in [1.54, 1.807) is 30.8 Å². The van der Waals surface area contributed by atoms with Crippen LogP contribution in [0, 0.1) is 13.8 Å². The number of aromatic nitrogens is 2. The molecular weight excluding hydrogens is 392 g/mol. The quantitative estimate of drug-likeness (QED) is 0.716. The molecule has 29 heavy (non-hydrogen) atoms. The maximum atomic E-state index is 12.9. The molecule has 2 aromatic rings. The van der Waals surface area contributed by atoms with Gasteiger partial charge < -0.3 is 4.74 Å². The Balaban J connectivity index is 1.85. The largest absolute Gasteiger partial charge is 0.427 e. The second-order valence-corrected chi connectivity index (χ2v) is 9.43. The van der Waals surface area contributed by atoms with Crippen LogP contribution in [0.3, 0.4) is 0 Å². The van der Waals surface area contributed by atoms with Crippen molar-refractivity contribution in [1.29, 1.82) is 0 Å². The minimum absolute atomic E-state index is 0.0572. The summed E-state index contributed by atoms with van der Waals surface area (Å²) in [6.07, 6.45) is 4.75. The van der Waals surface area contributed by atoms with Crippen molar-refractivity contribution in [3.8, 4) is 11.3 Å². The van der Waals surface area contributed by atoms with Gasteiger partial charge in [0.25, 0.3) is 0 Å². The van der Waals surface area contributed by atoms with Gasteiger partial charge in [0.2, 0.25) is 0 Å². The Bertz CT molecular complexity index is 1190. The minimum atomic E-state index is -3.54.